The molecule has 0 fully saturated rings. The Bertz CT molecular complexity index is 1200. The summed E-state index contributed by atoms with van der Waals surface area (Å²) >= 11 is 6.05. The fourth-order valence-corrected chi connectivity index (χ4v) is 3.12. The minimum absolute atomic E-state index is 0.222. The third-order valence-electron chi connectivity index (χ3n) is 4.45. The Morgan fingerprint density at radius 3 is 2.30 bits per heavy atom. The second-order valence-electron chi connectivity index (χ2n) is 6.50. The van der Waals surface area contributed by atoms with Crippen molar-refractivity contribution in [2.24, 2.45) is 0 Å². The first kappa shape index (κ1) is 19.5. The molecule has 0 spiro atoms. The molecule has 8 heteroatoms. The molecule has 0 saturated heterocycles. The number of hydrogen-bond acceptors (Lipinski definition) is 4. The van der Waals surface area contributed by atoms with Gasteiger partial charge in [0.25, 0.3) is 11.8 Å². The smallest absolute Gasteiger partial charge is 0.291 e. The predicted molar refractivity (Wildman–Crippen MR) is 114 cm³/mol. The van der Waals surface area contributed by atoms with Gasteiger partial charge in [-0.3, -0.25) is 9.59 Å². The first-order valence-corrected chi connectivity index (χ1v) is 9.46. The van der Waals surface area contributed by atoms with Gasteiger partial charge < -0.3 is 15.1 Å². The molecule has 2 aromatic carbocycles. The summed E-state index contributed by atoms with van der Waals surface area (Å²) in [7, 11) is 0. The number of amides is 2. The lowest BCUT2D eigenvalue weighted by Crippen LogP contribution is -2.13. The summed E-state index contributed by atoms with van der Waals surface area (Å²) in [5.74, 6) is -0.409. The van der Waals surface area contributed by atoms with Crippen LogP contribution in [0.1, 0.15) is 26.6 Å². The summed E-state index contributed by atoms with van der Waals surface area (Å²) in [6, 6.07) is 17.3. The summed E-state index contributed by atoms with van der Waals surface area (Å²) in [5, 5.41) is 10.4. The van der Waals surface area contributed by atoms with Crippen molar-refractivity contribution in [3.8, 4) is 5.69 Å². The summed E-state index contributed by atoms with van der Waals surface area (Å²) in [6.45, 7) is 1.82. The zero-order valence-electron chi connectivity index (χ0n) is 15.9. The maximum absolute atomic E-state index is 12.7. The van der Waals surface area contributed by atoms with Crippen LogP contribution in [0.5, 0.6) is 0 Å². The normalized spacial score (nSPS) is 10.6. The number of aromatic nitrogens is 2. The van der Waals surface area contributed by atoms with Crippen LogP contribution in [0.25, 0.3) is 5.69 Å². The van der Waals surface area contributed by atoms with Gasteiger partial charge in [0.2, 0.25) is 0 Å². The Balaban J connectivity index is 1.45. The number of hydrogen-bond donors (Lipinski definition) is 2. The maximum atomic E-state index is 12.7. The average molecular weight is 421 g/mol. The van der Waals surface area contributed by atoms with Gasteiger partial charge in [-0.15, -0.1) is 0 Å². The molecule has 0 saturated carbocycles. The molecule has 0 aliphatic heterocycles. The number of anilines is 2. The fourth-order valence-electron chi connectivity index (χ4n) is 2.94. The van der Waals surface area contributed by atoms with Gasteiger partial charge in [0.15, 0.2) is 5.76 Å². The molecule has 2 aromatic heterocycles. The molecule has 4 aromatic rings. The molecule has 7 nitrogen and oxygen atoms in total. The number of benzene rings is 2. The van der Waals surface area contributed by atoms with Crippen LogP contribution in [0.15, 0.2) is 77.5 Å². The second-order valence-corrected chi connectivity index (χ2v) is 6.93. The molecule has 30 heavy (non-hydrogen) atoms. The van der Waals surface area contributed by atoms with Crippen LogP contribution in [-0.4, -0.2) is 21.6 Å². The molecule has 0 aliphatic rings. The van der Waals surface area contributed by atoms with E-state index in [4.69, 9.17) is 16.0 Å². The quantitative estimate of drug-likeness (QED) is 0.479. The Kier molecular flexibility index (Phi) is 5.36. The zero-order chi connectivity index (χ0) is 21.1. The third-order valence-corrected chi connectivity index (χ3v) is 4.69. The van der Waals surface area contributed by atoms with Crippen molar-refractivity contribution >= 4 is 34.8 Å². The van der Waals surface area contributed by atoms with Crippen LogP contribution in [0, 0.1) is 6.92 Å². The Morgan fingerprint density at radius 2 is 1.67 bits per heavy atom. The van der Waals surface area contributed by atoms with Crippen molar-refractivity contribution in [2.75, 3.05) is 10.6 Å². The van der Waals surface area contributed by atoms with E-state index >= 15 is 0 Å². The molecule has 2 N–H and O–H groups in total. The average Bonchev–Trinajstić information content (AvgIpc) is 3.39. The number of nitrogens with one attached hydrogen (secondary N) is 2. The van der Waals surface area contributed by atoms with Gasteiger partial charge in [-0.05, 0) is 61.5 Å². The molecular formula is C22H17ClN4O3. The number of carbonyl (C=O) groups excluding carboxylic acids is 2. The maximum Gasteiger partial charge on any atom is 0.291 e. The minimum Gasteiger partial charge on any atom is -0.459 e. The molecule has 2 heterocycles. The van der Waals surface area contributed by atoms with E-state index in [9.17, 15) is 9.59 Å². The minimum atomic E-state index is -0.346. The first-order valence-electron chi connectivity index (χ1n) is 9.08. The van der Waals surface area contributed by atoms with E-state index in [1.165, 1.54) is 12.5 Å². The Morgan fingerprint density at radius 1 is 0.967 bits per heavy atom. The Labute approximate surface area is 177 Å². The predicted octanol–water partition coefficient (Wildman–Crippen LogP) is 4.93. The van der Waals surface area contributed by atoms with Crippen molar-refractivity contribution in [1.29, 1.82) is 0 Å². The van der Waals surface area contributed by atoms with Gasteiger partial charge in [-0.25, -0.2) is 4.68 Å². The van der Waals surface area contributed by atoms with Crippen LogP contribution in [0.4, 0.5) is 11.4 Å². The number of furan rings is 1. The van der Waals surface area contributed by atoms with Crippen LogP contribution in [0.2, 0.25) is 5.02 Å². The van der Waals surface area contributed by atoms with E-state index in [-0.39, 0.29) is 17.6 Å². The summed E-state index contributed by atoms with van der Waals surface area (Å²) in [5.41, 5.74) is 3.09. The largest absolute Gasteiger partial charge is 0.459 e. The number of nitrogens with zero attached hydrogens (tertiary/aromatic N) is 2. The van der Waals surface area contributed by atoms with Crippen LogP contribution in [-0.2, 0) is 0 Å². The topological polar surface area (TPSA) is 89.2 Å². The lowest BCUT2D eigenvalue weighted by Gasteiger charge is -2.08. The zero-order valence-corrected chi connectivity index (χ0v) is 16.7. The molecule has 4 rings (SSSR count). The van der Waals surface area contributed by atoms with Gasteiger partial charge in [0, 0.05) is 16.4 Å². The van der Waals surface area contributed by atoms with Gasteiger partial charge >= 0.3 is 0 Å². The highest BCUT2D eigenvalue weighted by Gasteiger charge is 2.16. The highest BCUT2D eigenvalue weighted by atomic mass is 35.5. The van der Waals surface area contributed by atoms with Gasteiger partial charge in [0.1, 0.15) is 0 Å². The molecule has 2 amide bonds. The molecule has 0 bridgehead atoms. The highest BCUT2D eigenvalue weighted by Crippen LogP contribution is 2.20. The molecule has 0 unspecified atom stereocenters. The third kappa shape index (κ3) is 4.11. The lowest BCUT2D eigenvalue weighted by molar-refractivity contribution is 0.0994. The summed E-state index contributed by atoms with van der Waals surface area (Å²) in [4.78, 5) is 24.7. The van der Waals surface area contributed by atoms with E-state index in [0.717, 1.165) is 5.69 Å². The van der Waals surface area contributed by atoms with Crippen molar-refractivity contribution < 1.29 is 14.0 Å². The highest BCUT2D eigenvalue weighted by molar-refractivity contribution is 6.30. The number of carbonyl (C=O) groups is 2. The number of halogens is 1. The van der Waals surface area contributed by atoms with E-state index in [2.05, 4.69) is 15.7 Å². The second kappa shape index (κ2) is 8.26. The summed E-state index contributed by atoms with van der Waals surface area (Å²) < 4.78 is 6.72. The molecule has 0 aliphatic carbocycles. The van der Waals surface area contributed by atoms with Gasteiger partial charge in [-0.1, -0.05) is 17.7 Å². The summed E-state index contributed by atoms with van der Waals surface area (Å²) in [6.07, 6.45) is 2.95. The van der Waals surface area contributed by atoms with E-state index < -0.39 is 0 Å². The van der Waals surface area contributed by atoms with Crippen molar-refractivity contribution in [2.45, 2.75) is 6.92 Å². The van der Waals surface area contributed by atoms with Crippen LogP contribution < -0.4 is 10.6 Å². The standard InChI is InChI=1S/C22H17ClN4O3/c1-14-19(13-24-27(14)18-5-2-4-15(23)12-18)21(28)25-16-7-9-17(10-8-16)26-22(29)20-6-3-11-30-20/h2-13H,1H3,(H,25,28)(H,26,29). The van der Waals surface area contributed by atoms with Crippen molar-refractivity contribution in [3.05, 3.63) is 95.2 Å². The van der Waals surface area contributed by atoms with E-state index in [0.29, 0.717) is 27.7 Å². The Hall–Kier alpha value is -3.84. The first-order chi connectivity index (χ1) is 14.5. The van der Waals surface area contributed by atoms with Crippen molar-refractivity contribution in [1.82, 2.24) is 9.78 Å². The van der Waals surface area contributed by atoms with Gasteiger partial charge in [-0.2, -0.15) is 5.10 Å². The fraction of sp³-hybridized carbons (Fsp3) is 0.0455. The molecule has 0 radical (unpaired) electrons. The van der Waals surface area contributed by atoms with Crippen molar-refractivity contribution in [3.63, 3.8) is 0 Å². The van der Waals surface area contributed by atoms with E-state index in [1.807, 2.05) is 19.1 Å². The van der Waals surface area contributed by atoms with Crippen LogP contribution >= 0.6 is 11.6 Å². The molecule has 0 atom stereocenters. The molecule has 150 valence electrons. The molecular weight excluding hydrogens is 404 g/mol. The van der Waals surface area contributed by atoms with E-state index in [1.54, 1.807) is 53.2 Å². The monoisotopic (exact) mass is 420 g/mol. The number of rotatable bonds is 5. The lowest BCUT2D eigenvalue weighted by atomic mass is 10.2. The van der Waals surface area contributed by atoms with Crippen LogP contribution in [0.3, 0.4) is 0 Å². The van der Waals surface area contributed by atoms with Gasteiger partial charge in [0.05, 0.1) is 29.4 Å². The SMILES string of the molecule is Cc1c(C(=O)Nc2ccc(NC(=O)c3ccco3)cc2)cnn1-c1cccc(Cl)c1.